The van der Waals surface area contributed by atoms with Gasteiger partial charge in [0.2, 0.25) is 0 Å². The molecule has 0 aliphatic heterocycles. The van der Waals surface area contributed by atoms with E-state index < -0.39 is 0 Å². The third-order valence-electron chi connectivity index (χ3n) is 16.7. The number of furan rings is 2. The van der Waals surface area contributed by atoms with E-state index in [0.29, 0.717) is 5.92 Å². The van der Waals surface area contributed by atoms with Crippen molar-refractivity contribution in [3.8, 4) is 11.1 Å². The lowest BCUT2D eigenvalue weighted by Gasteiger charge is -2.54. The number of benzene rings is 9. The molecule has 9 aromatic carbocycles. The van der Waals surface area contributed by atoms with Gasteiger partial charge in [0.05, 0.1) is 5.69 Å². The molecule has 2 heterocycles. The molecule has 64 heavy (non-hydrogen) atoms. The highest BCUT2D eigenvalue weighted by atomic mass is 16.3. The Kier molecular flexibility index (Phi) is 7.04. The van der Waals surface area contributed by atoms with Crippen LogP contribution in [0.1, 0.15) is 68.6 Å². The van der Waals surface area contributed by atoms with Crippen molar-refractivity contribution in [2.24, 2.45) is 23.7 Å². The van der Waals surface area contributed by atoms with Crippen molar-refractivity contribution in [1.29, 1.82) is 0 Å². The summed E-state index contributed by atoms with van der Waals surface area (Å²) in [5.74, 6) is 3.94. The summed E-state index contributed by atoms with van der Waals surface area (Å²) < 4.78 is 13.8. The summed E-state index contributed by atoms with van der Waals surface area (Å²) in [4.78, 5) is 2.56. The zero-order valence-electron chi connectivity index (χ0n) is 36.2. The molecule has 11 aromatic rings. The summed E-state index contributed by atoms with van der Waals surface area (Å²) in [6, 6.07) is 58.9. The highest BCUT2D eigenvalue weighted by Crippen LogP contribution is 2.63. The van der Waals surface area contributed by atoms with Crippen LogP contribution in [0.4, 0.5) is 17.1 Å². The standard InChI is InChI=1S/C61H47NO2/c1-61(2)51-19-9-7-17-46(51)58-52(33-50-57-47(18-11-21-55(57)64-60(50)59(58)61)56-36-27-34-26-35(29-36)30-37(56)28-34)62(39-23-25-54-49(32-39)45-16-8-10-20-53(45)63-54)38-22-24-44-42-14-4-3-12-40(42)41-13-5-6-15-43(41)48(44)31-38/h3-25,31-37,56H,26-30H2,1-2H3. The van der Waals surface area contributed by atoms with Crippen LogP contribution in [0.15, 0.2) is 167 Å². The predicted molar refractivity (Wildman–Crippen MR) is 266 cm³/mol. The fourth-order valence-corrected chi connectivity index (χ4v) is 14.4. The second-order valence-electron chi connectivity index (χ2n) is 20.4. The number of hydrogen-bond donors (Lipinski definition) is 0. The first-order valence-electron chi connectivity index (χ1n) is 23.6. The molecule has 0 spiro atoms. The van der Waals surface area contributed by atoms with Gasteiger partial charge in [0.15, 0.2) is 0 Å². The monoisotopic (exact) mass is 825 g/mol. The van der Waals surface area contributed by atoms with Gasteiger partial charge in [0.1, 0.15) is 22.3 Å². The Morgan fingerprint density at radius 2 is 1.05 bits per heavy atom. The zero-order chi connectivity index (χ0) is 42.0. The zero-order valence-corrected chi connectivity index (χ0v) is 36.2. The lowest BCUT2D eigenvalue weighted by atomic mass is 9.50. The molecule has 2 aromatic heterocycles. The van der Waals surface area contributed by atoms with E-state index in [1.54, 1.807) is 0 Å². The fraction of sp³-hybridized carbons (Fsp3) is 0.213. The van der Waals surface area contributed by atoms with Gasteiger partial charge in [-0.1, -0.05) is 123 Å². The molecule has 4 saturated carbocycles. The fourth-order valence-electron chi connectivity index (χ4n) is 14.4. The minimum absolute atomic E-state index is 0.300. The molecule has 3 heteroatoms. The molecule has 308 valence electrons. The molecule has 16 rings (SSSR count). The van der Waals surface area contributed by atoms with Crippen molar-refractivity contribution >= 4 is 93.3 Å². The van der Waals surface area contributed by atoms with E-state index in [1.165, 1.54) is 109 Å². The van der Waals surface area contributed by atoms with E-state index in [4.69, 9.17) is 8.83 Å². The van der Waals surface area contributed by atoms with Gasteiger partial charge >= 0.3 is 0 Å². The number of hydrogen-bond acceptors (Lipinski definition) is 3. The third-order valence-corrected chi connectivity index (χ3v) is 16.7. The van der Waals surface area contributed by atoms with Crippen LogP contribution in [0, 0.1) is 23.7 Å². The Morgan fingerprint density at radius 3 is 1.78 bits per heavy atom. The average Bonchev–Trinajstić information content (AvgIpc) is 3.96. The Bertz CT molecular complexity index is 3740. The van der Waals surface area contributed by atoms with Crippen LogP contribution in [-0.2, 0) is 5.41 Å². The molecule has 0 N–H and O–H groups in total. The second kappa shape index (κ2) is 12.7. The van der Waals surface area contributed by atoms with Gasteiger partial charge in [0.25, 0.3) is 0 Å². The Hall–Kier alpha value is -6.84. The molecule has 0 radical (unpaired) electrons. The quantitative estimate of drug-likeness (QED) is 0.166. The lowest BCUT2D eigenvalue weighted by Crippen LogP contribution is -2.43. The van der Waals surface area contributed by atoms with Crippen LogP contribution >= 0.6 is 0 Å². The van der Waals surface area contributed by atoms with Crippen molar-refractivity contribution < 1.29 is 8.83 Å². The number of rotatable bonds is 4. The first-order valence-corrected chi connectivity index (χ1v) is 23.6. The van der Waals surface area contributed by atoms with Crippen molar-refractivity contribution in [2.45, 2.75) is 57.3 Å². The smallest absolute Gasteiger partial charge is 0.140 e. The topological polar surface area (TPSA) is 29.5 Å². The van der Waals surface area contributed by atoms with Crippen molar-refractivity contribution in [1.82, 2.24) is 0 Å². The Balaban J connectivity index is 1.07. The number of anilines is 3. The van der Waals surface area contributed by atoms with Gasteiger partial charge in [-0.25, -0.2) is 0 Å². The van der Waals surface area contributed by atoms with E-state index in [0.717, 1.165) is 68.2 Å². The highest BCUT2D eigenvalue weighted by molar-refractivity contribution is 6.26. The van der Waals surface area contributed by atoms with Crippen LogP contribution in [0.25, 0.3) is 87.3 Å². The summed E-state index contributed by atoms with van der Waals surface area (Å²) in [7, 11) is 0. The summed E-state index contributed by atoms with van der Waals surface area (Å²) in [5, 5.41) is 12.4. The summed E-state index contributed by atoms with van der Waals surface area (Å²) in [6.07, 6.45) is 7.01. The number of fused-ring (bicyclic) bond motifs is 16. The molecule has 0 atom stereocenters. The normalized spacial score (nSPS) is 21.9. The Morgan fingerprint density at radius 1 is 0.469 bits per heavy atom. The van der Waals surface area contributed by atoms with Gasteiger partial charge in [-0.3, -0.25) is 0 Å². The summed E-state index contributed by atoms with van der Waals surface area (Å²) in [5.41, 5.74) is 13.6. The summed E-state index contributed by atoms with van der Waals surface area (Å²) in [6.45, 7) is 4.82. The number of para-hydroxylation sites is 1. The lowest BCUT2D eigenvalue weighted by molar-refractivity contribution is -0.00229. The maximum Gasteiger partial charge on any atom is 0.140 e. The van der Waals surface area contributed by atoms with Gasteiger partial charge in [-0.2, -0.15) is 0 Å². The third kappa shape index (κ3) is 4.72. The average molecular weight is 826 g/mol. The Labute approximate surface area is 371 Å². The van der Waals surface area contributed by atoms with Crippen molar-refractivity contribution in [3.05, 3.63) is 174 Å². The van der Waals surface area contributed by atoms with Crippen LogP contribution in [0.2, 0.25) is 0 Å². The first-order chi connectivity index (χ1) is 31.5. The predicted octanol–water partition coefficient (Wildman–Crippen LogP) is 17.3. The van der Waals surface area contributed by atoms with E-state index in [1.807, 2.05) is 0 Å². The van der Waals surface area contributed by atoms with Gasteiger partial charge in [0, 0.05) is 49.5 Å². The van der Waals surface area contributed by atoms with E-state index in [-0.39, 0.29) is 5.41 Å². The molecular formula is C61H47NO2. The van der Waals surface area contributed by atoms with Crippen LogP contribution in [-0.4, -0.2) is 0 Å². The van der Waals surface area contributed by atoms with E-state index in [2.05, 4.69) is 176 Å². The van der Waals surface area contributed by atoms with E-state index in [9.17, 15) is 0 Å². The van der Waals surface area contributed by atoms with Gasteiger partial charge in [-0.15, -0.1) is 0 Å². The number of nitrogens with zero attached hydrogens (tertiary/aromatic N) is 1. The van der Waals surface area contributed by atoms with Crippen LogP contribution in [0.5, 0.6) is 0 Å². The van der Waals surface area contributed by atoms with E-state index >= 15 is 0 Å². The van der Waals surface area contributed by atoms with Crippen molar-refractivity contribution in [2.75, 3.05) is 4.90 Å². The molecular weight excluding hydrogens is 779 g/mol. The minimum atomic E-state index is -0.300. The van der Waals surface area contributed by atoms with Crippen LogP contribution < -0.4 is 4.90 Å². The molecule has 5 aliphatic rings. The molecule has 0 amide bonds. The highest BCUT2D eigenvalue weighted by Gasteiger charge is 2.49. The molecule has 4 fully saturated rings. The van der Waals surface area contributed by atoms with Gasteiger partial charge in [-0.05, 0) is 159 Å². The molecule has 5 aliphatic carbocycles. The summed E-state index contributed by atoms with van der Waals surface area (Å²) >= 11 is 0. The van der Waals surface area contributed by atoms with Crippen molar-refractivity contribution in [3.63, 3.8) is 0 Å². The SMILES string of the molecule is CC1(C)c2ccccc2-c2c(N(c3ccc4oc5ccccc5c4c3)c3ccc4c5ccccc5c5ccccc5c4c3)cc3c(oc4cccc(C5C6CC7CC(C6)CC5C7)c43)c21. The maximum atomic E-state index is 7.30. The maximum absolute atomic E-state index is 7.30. The second-order valence-corrected chi connectivity index (χ2v) is 20.4. The van der Waals surface area contributed by atoms with Crippen LogP contribution in [0.3, 0.4) is 0 Å². The van der Waals surface area contributed by atoms with Gasteiger partial charge < -0.3 is 13.7 Å². The molecule has 3 nitrogen and oxygen atoms in total. The first kappa shape index (κ1) is 35.6. The molecule has 0 saturated heterocycles. The molecule has 4 bridgehead atoms. The largest absolute Gasteiger partial charge is 0.456 e. The molecule has 0 unspecified atom stereocenters. The minimum Gasteiger partial charge on any atom is -0.456 e.